The van der Waals surface area contributed by atoms with Gasteiger partial charge in [0.25, 0.3) is 5.91 Å². The Morgan fingerprint density at radius 3 is 2.41 bits per heavy atom. The van der Waals surface area contributed by atoms with Crippen molar-refractivity contribution in [2.75, 3.05) is 18.5 Å². The number of hydrogen-bond acceptors (Lipinski definition) is 5. The number of hydrogen-bond donors (Lipinski definition) is 2. The van der Waals surface area contributed by atoms with Gasteiger partial charge in [-0.1, -0.05) is 18.2 Å². The van der Waals surface area contributed by atoms with Crippen LogP contribution in [0.2, 0.25) is 0 Å². The highest BCUT2D eigenvalue weighted by Crippen LogP contribution is 2.22. The summed E-state index contributed by atoms with van der Waals surface area (Å²) in [6.45, 7) is 3.00. The number of nitro groups is 1. The summed E-state index contributed by atoms with van der Waals surface area (Å²) in [7, 11) is 0. The van der Waals surface area contributed by atoms with E-state index in [1.807, 2.05) is 32.0 Å². The zero-order valence-corrected chi connectivity index (χ0v) is 14.7. The maximum absolute atomic E-state index is 13.5. The van der Waals surface area contributed by atoms with Gasteiger partial charge in [0, 0.05) is 17.8 Å². The van der Waals surface area contributed by atoms with Gasteiger partial charge in [-0.25, -0.2) is 0 Å². The molecule has 0 aliphatic heterocycles. The second-order valence-electron chi connectivity index (χ2n) is 5.75. The summed E-state index contributed by atoms with van der Waals surface area (Å²) in [5.41, 5.74) is 1.81. The molecule has 2 amide bonds. The molecule has 2 rings (SSSR count). The fourth-order valence-corrected chi connectivity index (χ4v) is 2.30. The van der Waals surface area contributed by atoms with Crippen molar-refractivity contribution in [3.8, 4) is 5.75 Å². The minimum absolute atomic E-state index is 0.0340. The molecule has 142 valence electrons. The van der Waals surface area contributed by atoms with Crippen molar-refractivity contribution in [3.63, 3.8) is 0 Å². The molecule has 0 saturated carbocycles. The highest BCUT2D eigenvalue weighted by atomic mass is 19.1. The third kappa shape index (κ3) is 5.50. The summed E-state index contributed by atoms with van der Waals surface area (Å²) >= 11 is 0. The lowest BCUT2D eigenvalue weighted by Crippen LogP contribution is -2.36. The van der Waals surface area contributed by atoms with Crippen LogP contribution >= 0.6 is 0 Å². The number of ether oxygens (including phenoxy) is 1. The molecule has 27 heavy (non-hydrogen) atoms. The molecule has 2 aromatic carbocycles. The Bertz CT molecular complexity index is 865. The fourth-order valence-electron chi connectivity index (χ4n) is 2.30. The van der Waals surface area contributed by atoms with E-state index < -0.39 is 34.8 Å². The zero-order valence-electron chi connectivity index (χ0n) is 14.7. The molecule has 0 spiro atoms. The van der Waals surface area contributed by atoms with Crippen LogP contribution in [0.4, 0.5) is 15.8 Å². The molecule has 2 N–H and O–H groups in total. The number of benzene rings is 2. The molecule has 8 nitrogen and oxygen atoms in total. The average molecular weight is 375 g/mol. The number of halogens is 1. The number of nitrogens with one attached hydrogen (secondary N) is 2. The van der Waals surface area contributed by atoms with Crippen LogP contribution in [0.5, 0.6) is 5.75 Å². The van der Waals surface area contributed by atoms with Gasteiger partial charge in [-0.2, -0.15) is 4.39 Å². The van der Waals surface area contributed by atoms with Crippen LogP contribution in [-0.4, -0.2) is 29.9 Å². The zero-order chi connectivity index (χ0) is 20.0. The monoisotopic (exact) mass is 375 g/mol. The third-order valence-corrected chi connectivity index (χ3v) is 3.68. The van der Waals surface area contributed by atoms with Gasteiger partial charge >= 0.3 is 5.69 Å². The molecule has 0 aliphatic rings. The van der Waals surface area contributed by atoms with Crippen LogP contribution < -0.4 is 15.4 Å². The van der Waals surface area contributed by atoms with Gasteiger partial charge in [0.15, 0.2) is 6.61 Å². The summed E-state index contributed by atoms with van der Waals surface area (Å²) in [6.07, 6.45) is 0. The van der Waals surface area contributed by atoms with Gasteiger partial charge in [-0.05, 0) is 31.0 Å². The van der Waals surface area contributed by atoms with Crippen molar-refractivity contribution in [1.29, 1.82) is 0 Å². The first-order valence-electron chi connectivity index (χ1n) is 7.97. The molecule has 0 saturated heterocycles. The Balaban J connectivity index is 1.81. The molecule has 0 unspecified atom stereocenters. The Morgan fingerprint density at radius 1 is 1.15 bits per heavy atom. The quantitative estimate of drug-likeness (QED) is 0.571. The summed E-state index contributed by atoms with van der Waals surface area (Å²) in [4.78, 5) is 33.4. The van der Waals surface area contributed by atoms with Gasteiger partial charge in [-0.3, -0.25) is 19.7 Å². The van der Waals surface area contributed by atoms with Crippen molar-refractivity contribution in [3.05, 3.63) is 63.5 Å². The van der Waals surface area contributed by atoms with Crippen LogP contribution in [0.25, 0.3) is 0 Å². The highest BCUT2D eigenvalue weighted by molar-refractivity contribution is 5.95. The number of aryl methyl sites for hydroxylation is 2. The average Bonchev–Trinajstić information content (AvgIpc) is 2.61. The third-order valence-electron chi connectivity index (χ3n) is 3.68. The van der Waals surface area contributed by atoms with Crippen LogP contribution in [0.15, 0.2) is 36.4 Å². The molecule has 9 heteroatoms. The molecule has 0 atom stereocenters. The number of amides is 2. The van der Waals surface area contributed by atoms with E-state index in [0.29, 0.717) is 5.69 Å². The SMILES string of the molecule is Cc1cccc(C)c1NC(=O)CNC(=O)COc1ccc([N+](=O)[O-])c(F)c1. The lowest BCUT2D eigenvalue weighted by atomic mass is 10.1. The molecule has 0 bridgehead atoms. The summed E-state index contributed by atoms with van der Waals surface area (Å²) in [5.74, 6) is -2.09. The van der Waals surface area contributed by atoms with E-state index in [2.05, 4.69) is 10.6 Å². The number of nitro benzene ring substituents is 1. The highest BCUT2D eigenvalue weighted by Gasteiger charge is 2.15. The van der Waals surface area contributed by atoms with E-state index in [9.17, 15) is 24.1 Å². The maximum Gasteiger partial charge on any atom is 0.305 e. The maximum atomic E-state index is 13.5. The van der Waals surface area contributed by atoms with Gasteiger partial charge in [0.1, 0.15) is 5.75 Å². The fraction of sp³-hybridized carbons (Fsp3) is 0.222. The van der Waals surface area contributed by atoms with Crippen LogP contribution in [0, 0.1) is 29.8 Å². The summed E-state index contributed by atoms with van der Waals surface area (Å²) < 4.78 is 18.5. The van der Waals surface area contributed by atoms with Gasteiger partial charge in [-0.15, -0.1) is 0 Å². The van der Waals surface area contributed by atoms with E-state index in [0.717, 1.165) is 23.3 Å². The first-order chi connectivity index (χ1) is 12.8. The number of anilines is 1. The minimum Gasteiger partial charge on any atom is -0.484 e. The molecular formula is C18H18FN3O5. The molecule has 2 aromatic rings. The molecule has 0 fully saturated rings. The Labute approximate surface area is 154 Å². The van der Waals surface area contributed by atoms with E-state index in [-0.39, 0.29) is 12.3 Å². The smallest absolute Gasteiger partial charge is 0.305 e. The van der Waals surface area contributed by atoms with Crippen LogP contribution in [0.1, 0.15) is 11.1 Å². The van der Waals surface area contributed by atoms with Crippen molar-refractivity contribution in [2.45, 2.75) is 13.8 Å². The normalized spacial score (nSPS) is 10.2. The summed E-state index contributed by atoms with van der Waals surface area (Å²) in [6, 6.07) is 8.54. The van der Waals surface area contributed by atoms with E-state index >= 15 is 0 Å². The van der Waals surface area contributed by atoms with E-state index in [1.165, 1.54) is 6.07 Å². The second kappa shape index (κ2) is 8.75. The Kier molecular flexibility index (Phi) is 6.42. The van der Waals surface area contributed by atoms with Crippen molar-refractivity contribution in [1.82, 2.24) is 5.32 Å². The van der Waals surface area contributed by atoms with E-state index in [4.69, 9.17) is 4.74 Å². The first-order valence-corrected chi connectivity index (χ1v) is 7.97. The number of carbonyl (C=O) groups is 2. The Hall–Kier alpha value is -3.49. The lowest BCUT2D eigenvalue weighted by Gasteiger charge is -2.12. The standard InChI is InChI=1S/C18H18FN3O5/c1-11-4-3-5-12(2)18(11)21-16(23)9-20-17(24)10-27-13-6-7-15(22(25)26)14(19)8-13/h3-8H,9-10H2,1-2H3,(H,20,24)(H,21,23). The van der Waals surface area contributed by atoms with Crippen molar-refractivity contribution < 1.29 is 23.6 Å². The van der Waals surface area contributed by atoms with E-state index in [1.54, 1.807) is 0 Å². The predicted molar refractivity (Wildman–Crippen MR) is 96.1 cm³/mol. The van der Waals surface area contributed by atoms with Gasteiger partial charge < -0.3 is 15.4 Å². The van der Waals surface area contributed by atoms with Crippen LogP contribution in [0.3, 0.4) is 0 Å². The molecule has 0 aliphatic carbocycles. The largest absolute Gasteiger partial charge is 0.484 e. The van der Waals surface area contributed by atoms with Crippen molar-refractivity contribution >= 4 is 23.2 Å². The molecule has 0 radical (unpaired) electrons. The number of carbonyl (C=O) groups excluding carboxylic acids is 2. The minimum atomic E-state index is -1.06. The lowest BCUT2D eigenvalue weighted by molar-refractivity contribution is -0.387. The number of rotatable bonds is 7. The number of para-hydroxylation sites is 1. The van der Waals surface area contributed by atoms with Gasteiger partial charge in [0.2, 0.25) is 11.7 Å². The second-order valence-corrected chi connectivity index (χ2v) is 5.75. The topological polar surface area (TPSA) is 111 Å². The number of nitrogens with zero attached hydrogens (tertiary/aromatic N) is 1. The van der Waals surface area contributed by atoms with Crippen LogP contribution in [-0.2, 0) is 9.59 Å². The Morgan fingerprint density at radius 2 is 1.81 bits per heavy atom. The van der Waals surface area contributed by atoms with Crippen molar-refractivity contribution in [2.24, 2.45) is 0 Å². The molecule has 0 aromatic heterocycles. The summed E-state index contributed by atoms with van der Waals surface area (Å²) in [5, 5.41) is 15.6. The molecule has 0 heterocycles. The van der Waals surface area contributed by atoms with Gasteiger partial charge in [0.05, 0.1) is 11.5 Å². The first kappa shape index (κ1) is 19.8. The molecular weight excluding hydrogens is 357 g/mol. The predicted octanol–water partition coefficient (Wildman–Crippen LogP) is 2.48.